The summed E-state index contributed by atoms with van der Waals surface area (Å²) in [7, 11) is 0. The SMILES string of the molecule is Cc1cnc2oc(=O)[nH]c2n1. The Morgan fingerprint density at radius 2 is 2.45 bits per heavy atom. The number of nitrogens with zero attached hydrogens (tertiary/aromatic N) is 2. The first kappa shape index (κ1) is 6.09. The van der Waals surface area contributed by atoms with Gasteiger partial charge in [0.2, 0.25) is 0 Å². The molecule has 0 aliphatic heterocycles. The van der Waals surface area contributed by atoms with E-state index in [9.17, 15) is 4.79 Å². The highest BCUT2D eigenvalue weighted by Crippen LogP contribution is 2.01. The number of hydrogen-bond donors (Lipinski definition) is 1. The summed E-state index contributed by atoms with van der Waals surface area (Å²) in [6.45, 7) is 1.79. The van der Waals surface area contributed by atoms with Gasteiger partial charge in [-0.25, -0.2) is 14.8 Å². The zero-order chi connectivity index (χ0) is 7.84. The van der Waals surface area contributed by atoms with Crippen molar-refractivity contribution in [2.45, 2.75) is 6.92 Å². The topological polar surface area (TPSA) is 71.8 Å². The molecule has 0 amide bonds. The molecule has 1 N–H and O–H groups in total. The third-order valence-corrected chi connectivity index (χ3v) is 1.27. The van der Waals surface area contributed by atoms with Crippen molar-refractivity contribution >= 4 is 11.4 Å². The monoisotopic (exact) mass is 151 g/mol. The van der Waals surface area contributed by atoms with Crippen LogP contribution in [0.5, 0.6) is 0 Å². The van der Waals surface area contributed by atoms with Crippen LogP contribution in [0.3, 0.4) is 0 Å². The van der Waals surface area contributed by atoms with Crippen LogP contribution in [0.15, 0.2) is 15.4 Å². The van der Waals surface area contributed by atoms with Crippen molar-refractivity contribution in [3.05, 3.63) is 22.4 Å². The molecule has 0 atom stereocenters. The van der Waals surface area contributed by atoms with Crippen LogP contribution in [-0.2, 0) is 0 Å². The zero-order valence-electron chi connectivity index (χ0n) is 5.79. The van der Waals surface area contributed by atoms with Gasteiger partial charge in [0.05, 0.1) is 11.9 Å². The van der Waals surface area contributed by atoms with Crippen molar-refractivity contribution in [2.24, 2.45) is 0 Å². The maximum atomic E-state index is 10.6. The fourth-order valence-corrected chi connectivity index (χ4v) is 0.832. The number of aromatic amines is 1. The molecule has 2 aromatic rings. The molecule has 0 bridgehead atoms. The van der Waals surface area contributed by atoms with Crippen molar-refractivity contribution < 1.29 is 4.42 Å². The van der Waals surface area contributed by atoms with E-state index in [0.717, 1.165) is 5.69 Å². The maximum Gasteiger partial charge on any atom is 0.419 e. The lowest BCUT2D eigenvalue weighted by molar-refractivity contribution is 0.545. The Kier molecular flexibility index (Phi) is 1.06. The average molecular weight is 151 g/mol. The molecule has 2 heterocycles. The first-order chi connectivity index (χ1) is 5.25. The molecule has 0 aromatic carbocycles. The van der Waals surface area contributed by atoms with Gasteiger partial charge in [0, 0.05) is 0 Å². The molecule has 0 spiro atoms. The molecule has 11 heavy (non-hydrogen) atoms. The number of nitrogens with one attached hydrogen (secondary N) is 1. The van der Waals surface area contributed by atoms with Gasteiger partial charge in [0.1, 0.15) is 0 Å². The predicted molar refractivity (Wildman–Crippen MR) is 37.2 cm³/mol. The first-order valence-corrected chi connectivity index (χ1v) is 3.08. The molecule has 5 heteroatoms. The third-order valence-electron chi connectivity index (χ3n) is 1.27. The van der Waals surface area contributed by atoms with Gasteiger partial charge in [-0.3, -0.25) is 4.98 Å². The molecular formula is C6H5N3O2. The van der Waals surface area contributed by atoms with Crippen LogP contribution < -0.4 is 5.76 Å². The van der Waals surface area contributed by atoms with Crippen LogP contribution in [0.2, 0.25) is 0 Å². The molecular weight excluding hydrogens is 146 g/mol. The van der Waals surface area contributed by atoms with Crippen LogP contribution in [0, 0.1) is 6.92 Å². The lowest BCUT2D eigenvalue weighted by atomic mass is 10.5. The second-order valence-corrected chi connectivity index (χ2v) is 2.18. The molecule has 56 valence electrons. The van der Waals surface area contributed by atoms with E-state index in [1.807, 2.05) is 0 Å². The minimum Gasteiger partial charge on any atom is -0.387 e. The summed E-state index contributed by atoms with van der Waals surface area (Å²) in [5, 5.41) is 0. The van der Waals surface area contributed by atoms with Crippen molar-refractivity contribution in [3.63, 3.8) is 0 Å². The van der Waals surface area contributed by atoms with E-state index >= 15 is 0 Å². The van der Waals surface area contributed by atoms with Gasteiger partial charge in [-0.15, -0.1) is 0 Å². The lowest BCUT2D eigenvalue weighted by Crippen LogP contribution is -1.93. The van der Waals surface area contributed by atoms with E-state index in [1.54, 1.807) is 13.1 Å². The zero-order valence-corrected chi connectivity index (χ0v) is 5.79. The number of oxazole rings is 1. The van der Waals surface area contributed by atoms with Crippen LogP contribution in [-0.4, -0.2) is 15.0 Å². The molecule has 0 aliphatic rings. The maximum absolute atomic E-state index is 10.6. The fraction of sp³-hybridized carbons (Fsp3) is 0.167. The quantitative estimate of drug-likeness (QED) is 0.584. The van der Waals surface area contributed by atoms with Crippen LogP contribution in [0.4, 0.5) is 0 Å². The normalized spacial score (nSPS) is 10.6. The van der Waals surface area contributed by atoms with E-state index in [0.29, 0.717) is 5.65 Å². The lowest BCUT2D eigenvalue weighted by Gasteiger charge is -1.86. The van der Waals surface area contributed by atoms with Gasteiger partial charge in [-0.1, -0.05) is 0 Å². The third kappa shape index (κ3) is 0.899. The standard InChI is InChI=1S/C6H5N3O2/c1-3-2-7-5-4(8-3)9-6(10)11-5/h2H,1H3,(H,8,9,10). The Labute approximate surface area is 61.1 Å². The Balaban J connectivity index is 2.92. The minimum atomic E-state index is -0.523. The molecule has 0 saturated carbocycles. The summed E-state index contributed by atoms with van der Waals surface area (Å²) in [5.41, 5.74) is 1.39. The average Bonchev–Trinajstić information content (AvgIpc) is 2.27. The Hall–Kier alpha value is -1.65. The van der Waals surface area contributed by atoms with E-state index < -0.39 is 5.76 Å². The van der Waals surface area contributed by atoms with E-state index in [4.69, 9.17) is 0 Å². The van der Waals surface area contributed by atoms with Crippen molar-refractivity contribution in [3.8, 4) is 0 Å². The van der Waals surface area contributed by atoms with E-state index in [1.165, 1.54) is 0 Å². The summed E-state index contributed by atoms with van der Waals surface area (Å²) in [6, 6.07) is 0. The Morgan fingerprint density at radius 3 is 3.27 bits per heavy atom. The van der Waals surface area contributed by atoms with Gasteiger partial charge in [-0.2, -0.15) is 0 Å². The summed E-state index contributed by atoms with van der Waals surface area (Å²) in [5.74, 6) is -0.523. The molecule has 0 fully saturated rings. The van der Waals surface area contributed by atoms with E-state index in [2.05, 4.69) is 19.4 Å². The smallest absolute Gasteiger partial charge is 0.387 e. The summed E-state index contributed by atoms with van der Waals surface area (Å²) in [4.78, 5) is 20.8. The number of aromatic nitrogens is 3. The molecule has 2 rings (SSSR count). The number of hydrogen-bond acceptors (Lipinski definition) is 4. The van der Waals surface area contributed by atoms with Crippen LogP contribution in [0.25, 0.3) is 11.4 Å². The second-order valence-electron chi connectivity index (χ2n) is 2.18. The molecule has 0 radical (unpaired) electrons. The number of fused-ring (bicyclic) bond motifs is 1. The highest BCUT2D eigenvalue weighted by atomic mass is 16.4. The van der Waals surface area contributed by atoms with Crippen LogP contribution in [0.1, 0.15) is 5.69 Å². The van der Waals surface area contributed by atoms with Gasteiger partial charge in [0.25, 0.3) is 5.71 Å². The van der Waals surface area contributed by atoms with Gasteiger partial charge in [0.15, 0.2) is 5.65 Å². The van der Waals surface area contributed by atoms with Crippen LogP contribution >= 0.6 is 0 Å². The summed E-state index contributed by atoms with van der Waals surface area (Å²) < 4.78 is 4.64. The largest absolute Gasteiger partial charge is 0.419 e. The van der Waals surface area contributed by atoms with Crippen molar-refractivity contribution in [2.75, 3.05) is 0 Å². The van der Waals surface area contributed by atoms with Crippen molar-refractivity contribution in [1.29, 1.82) is 0 Å². The van der Waals surface area contributed by atoms with Gasteiger partial charge >= 0.3 is 5.76 Å². The molecule has 2 aromatic heterocycles. The number of aryl methyl sites for hydroxylation is 1. The van der Waals surface area contributed by atoms with Gasteiger partial charge in [-0.05, 0) is 6.92 Å². The molecule has 0 unspecified atom stereocenters. The first-order valence-electron chi connectivity index (χ1n) is 3.08. The highest BCUT2D eigenvalue weighted by Gasteiger charge is 2.01. The molecule has 5 nitrogen and oxygen atoms in total. The summed E-state index contributed by atoms with van der Waals surface area (Å²) >= 11 is 0. The fourth-order valence-electron chi connectivity index (χ4n) is 0.832. The predicted octanol–water partition coefficient (Wildman–Crippen LogP) is 0.220. The Bertz CT molecular complexity index is 442. The second kappa shape index (κ2) is 1.91. The number of H-pyrrole nitrogens is 1. The van der Waals surface area contributed by atoms with Gasteiger partial charge < -0.3 is 4.42 Å². The highest BCUT2D eigenvalue weighted by molar-refractivity contribution is 5.60. The number of rotatable bonds is 0. The molecule has 0 saturated heterocycles. The minimum absolute atomic E-state index is 0.251. The van der Waals surface area contributed by atoms with Crippen molar-refractivity contribution in [1.82, 2.24) is 15.0 Å². The summed E-state index contributed by atoms with van der Waals surface area (Å²) in [6.07, 6.45) is 1.54. The molecule has 0 aliphatic carbocycles. The Morgan fingerprint density at radius 1 is 1.64 bits per heavy atom. The van der Waals surface area contributed by atoms with E-state index in [-0.39, 0.29) is 5.71 Å².